The summed E-state index contributed by atoms with van der Waals surface area (Å²) in [6.45, 7) is 0.256. The van der Waals surface area contributed by atoms with Gasteiger partial charge in [-0.05, 0) is 24.1 Å². The third-order valence-electron chi connectivity index (χ3n) is 2.26. The first-order valence-corrected chi connectivity index (χ1v) is 5.29. The number of hydrogen-bond donors (Lipinski definition) is 3. The molecule has 1 aromatic rings. The third kappa shape index (κ3) is 4.65. The van der Waals surface area contributed by atoms with Gasteiger partial charge in [0.2, 0.25) is 5.91 Å². The summed E-state index contributed by atoms with van der Waals surface area (Å²) in [5, 5.41) is 11.6. The second-order valence-corrected chi connectivity index (χ2v) is 3.66. The molecule has 5 nitrogen and oxygen atoms in total. The Kier molecular flexibility index (Phi) is 5.16. The summed E-state index contributed by atoms with van der Waals surface area (Å²) >= 11 is 0. The van der Waals surface area contributed by atoms with E-state index < -0.39 is 6.04 Å². The van der Waals surface area contributed by atoms with Crippen molar-refractivity contribution >= 4 is 12.2 Å². The predicted molar refractivity (Wildman–Crippen MR) is 63.1 cm³/mol. The standard InChI is InChI=1S/C12H15N2O3/c13-11(12(17)14-6-1-7-15)8-9-2-4-10(16)5-3-9/h2-5,11,16H,1,6,8,13H2,(H,14,17)/t11-/m1/s1. The van der Waals surface area contributed by atoms with Gasteiger partial charge in [-0.3, -0.25) is 9.59 Å². The van der Waals surface area contributed by atoms with Crippen LogP contribution in [-0.2, 0) is 16.0 Å². The van der Waals surface area contributed by atoms with Crippen molar-refractivity contribution in [2.24, 2.45) is 5.73 Å². The Morgan fingerprint density at radius 1 is 1.41 bits per heavy atom. The lowest BCUT2D eigenvalue weighted by Crippen LogP contribution is -2.42. The van der Waals surface area contributed by atoms with Gasteiger partial charge >= 0.3 is 0 Å². The molecule has 17 heavy (non-hydrogen) atoms. The summed E-state index contributed by atoms with van der Waals surface area (Å²) in [6, 6.07) is 5.84. The molecule has 1 aromatic carbocycles. The maximum atomic E-state index is 11.5. The molecule has 1 atom stereocenters. The number of benzene rings is 1. The van der Waals surface area contributed by atoms with E-state index in [4.69, 9.17) is 10.8 Å². The first kappa shape index (κ1) is 13.2. The smallest absolute Gasteiger partial charge is 0.237 e. The summed E-state index contributed by atoms with van der Waals surface area (Å²) in [5.41, 5.74) is 6.56. The lowest BCUT2D eigenvalue weighted by Gasteiger charge is -2.11. The molecule has 0 heterocycles. The number of aromatic hydroxyl groups is 1. The fourth-order valence-electron chi connectivity index (χ4n) is 1.35. The molecule has 5 heteroatoms. The lowest BCUT2D eigenvalue weighted by atomic mass is 10.1. The zero-order valence-corrected chi connectivity index (χ0v) is 9.35. The highest BCUT2D eigenvalue weighted by Gasteiger charge is 2.13. The van der Waals surface area contributed by atoms with E-state index >= 15 is 0 Å². The molecular formula is C12H15N2O3. The average Bonchev–Trinajstić information content (AvgIpc) is 2.32. The van der Waals surface area contributed by atoms with E-state index in [0.717, 1.165) is 5.56 Å². The van der Waals surface area contributed by atoms with E-state index in [-0.39, 0.29) is 24.6 Å². The first-order valence-electron chi connectivity index (χ1n) is 5.29. The van der Waals surface area contributed by atoms with Gasteiger partial charge in [-0.25, -0.2) is 0 Å². The van der Waals surface area contributed by atoms with Crippen molar-refractivity contribution in [3.05, 3.63) is 29.8 Å². The van der Waals surface area contributed by atoms with Crippen LogP contribution in [0.1, 0.15) is 12.0 Å². The van der Waals surface area contributed by atoms with Crippen molar-refractivity contribution in [2.45, 2.75) is 18.9 Å². The Labute approximate surface area is 99.6 Å². The van der Waals surface area contributed by atoms with Crippen molar-refractivity contribution in [1.82, 2.24) is 5.32 Å². The molecule has 0 fully saturated rings. The molecule has 1 radical (unpaired) electrons. The monoisotopic (exact) mass is 235 g/mol. The molecule has 0 bridgehead atoms. The number of amides is 1. The molecule has 0 saturated carbocycles. The summed E-state index contributed by atoms with van der Waals surface area (Å²) in [6.07, 6.45) is 2.23. The van der Waals surface area contributed by atoms with Crippen molar-refractivity contribution in [3.63, 3.8) is 0 Å². The Hall–Kier alpha value is -1.88. The van der Waals surface area contributed by atoms with Crippen LogP contribution in [0.3, 0.4) is 0 Å². The molecule has 0 aliphatic rings. The second-order valence-electron chi connectivity index (χ2n) is 3.66. The molecule has 0 aliphatic carbocycles. The number of rotatable bonds is 6. The van der Waals surface area contributed by atoms with Crippen LogP contribution in [-0.4, -0.2) is 29.9 Å². The molecule has 91 valence electrons. The molecule has 4 N–H and O–H groups in total. The third-order valence-corrected chi connectivity index (χ3v) is 2.26. The maximum absolute atomic E-state index is 11.5. The quantitative estimate of drug-likeness (QED) is 0.599. The van der Waals surface area contributed by atoms with E-state index in [1.54, 1.807) is 30.6 Å². The summed E-state index contributed by atoms with van der Waals surface area (Å²) in [4.78, 5) is 21.4. The van der Waals surface area contributed by atoms with Crippen molar-refractivity contribution in [2.75, 3.05) is 6.54 Å². The Morgan fingerprint density at radius 3 is 2.65 bits per heavy atom. The van der Waals surface area contributed by atoms with E-state index in [2.05, 4.69) is 5.32 Å². The van der Waals surface area contributed by atoms with Gasteiger partial charge in [0.15, 0.2) is 6.29 Å². The molecule has 0 spiro atoms. The zero-order chi connectivity index (χ0) is 12.7. The number of nitrogens with two attached hydrogens (primary N) is 1. The lowest BCUT2D eigenvalue weighted by molar-refractivity contribution is -0.122. The average molecular weight is 235 g/mol. The van der Waals surface area contributed by atoms with Crippen LogP contribution in [0.15, 0.2) is 24.3 Å². The highest BCUT2D eigenvalue weighted by atomic mass is 16.3. The molecule has 0 unspecified atom stereocenters. The van der Waals surface area contributed by atoms with E-state index in [1.807, 2.05) is 0 Å². The van der Waals surface area contributed by atoms with Gasteiger partial charge in [-0.2, -0.15) is 0 Å². The van der Waals surface area contributed by atoms with Gasteiger partial charge in [-0.1, -0.05) is 12.1 Å². The summed E-state index contributed by atoms with van der Waals surface area (Å²) < 4.78 is 0. The minimum absolute atomic E-state index is 0.164. The van der Waals surface area contributed by atoms with Crippen LogP contribution in [0.25, 0.3) is 0 Å². The molecule has 0 aromatic heterocycles. The number of phenols is 1. The minimum atomic E-state index is -0.661. The molecule has 0 saturated heterocycles. The van der Waals surface area contributed by atoms with Gasteiger partial charge in [0.05, 0.1) is 6.04 Å². The Morgan fingerprint density at radius 2 is 2.06 bits per heavy atom. The van der Waals surface area contributed by atoms with Gasteiger partial charge in [0.1, 0.15) is 5.75 Å². The van der Waals surface area contributed by atoms with Gasteiger partial charge in [-0.15, -0.1) is 0 Å². The van der Waals surface area contributed by atoms with Crippen LogP contribution in [0.5, 0.6) is 5.75 Å². The molecule has 1 rings (SSSR count). The van der Waals surface area contributed by atoms with Crippen LogP contribution < -0.4 is 11.1 Å². The van der Waals surface area contributed by atoms with Gasteiger partial charge in [0.25, 0.3) is 0 Å². The van der Waals surface area contributed by atoms with Gasteiger partial charge < -0.3 is 16.2 Å². The normalized spacial score (nSPS) is 11.8. The second kappa shape index (κ2) is 6.65. The first-order chi connectivity index (χ1) is 8.13. The van der Waals surface area contributed by atoms with Crippen molar-refractivity contribution < 1.29 is 14.7 Å². The van der Waals surface area contributed by atoms with Crippen LogP contribution in [0.2, 0.25) is 0 Å². The number of carbonyl (C=O) groups excluding carboxylic acids is 2. The number of hydrogen-bond acceptors (Lipinski definition) is 4. The molecule has 0 aliphatic heterocycles. The SMILES string of the molecule is N[C@H](Cc1ccc(O)cc1)C(=O)NCC[C]=O. The van der Waals surface area contributed by atoms with E-state index in [9.17, 15) is 9.59 Å². The van der Waals surface area contributed by atoms with Crippen LogP contribution in [0.4, 0.5) is 0 Å². The number of carbonyl (C=O) groups is 1. The molecule has 1 amide bonds. The van der Waals surface area contributed by atoms with E-state index in [0.29, 0.717) is 6.42 Å². The van der Waals surface area contributed by atoms with Crippen molar-refractivity contribution in [3.8, 4) is 5.75 Å². The van der Waals surface area contributed by atoms with Crippen LogP contribution >= 0.6 is 0 Å². The highest BCUT2D eigenvalue weighted by Crippen LogP contribution is 2.10. The fourth-order valence-corrected chi connectivity index (χ4v) is 1.35. The summed E-state index contributed by atoms with van der Waals surface area (Å²) in [7, 11) is 0. The van der Waals surface area contributed by atoms with Crippen molar-refractivity contribution in [1.29, 1.82) is 0 Å². The highest BCUT2D eigenvalue weighted by molar-refractivity contribution is 5.81. The topological polar surface area (TPSA) is 92.4 Å². The fraction of sp³-hybridized carbons (Fsp3) is 0.333. The Balaban J connectivity index is 2.42. The minimum Gasteiger partial charge on any atom is -0.508 e. The predicted octanol–water partition coefficient (Wildman–Crippen LogP) is -0.122. The number of nitrogens with one attached hydrogen (secondary N) is 1. The summed E-state index contributed by atoms with van der Waals surface area (Å²) in [5.74, 6) is -0.124. The Bertz CT molecular complexity index is 376. The largest absolute Gasteiger partial charge is 0.508 e. The van der Waals surface area contributed by atoms with Gasteiger partial charge in [0, 0.05) is 13.0 Å². The van der Waals surface area contributed by atoms with Crippen LogP contribution in [0, 0.1) is 0 Å². The maximum Gasteiger partial charge on any atom is 0.237 e. The van der Waals surface area contributed by atoms with E-state index in [1.165, 1.54) is 0 Å². The zero-order valence-electron chi connectivity index (χ0n) is 9.35. The number of phenolic OH excluding ortho intramolecular Hbond substituents is 1. The molecular weight excluding hydrogens is 220 g/mol.